The van der Waals surface area contributed by atoms with Gasteiger partial charge in [-0.15, -0.1) is 0 Å². The standard InChI is InChI=1S/C14H13NO3/c1-18-12-4-2-10(3-5-12)13(16)14(17)11-6-8-15-9-7-11/h2-9,14,17H,1H3. The Labute approximate surface area is 105 Å². The first-order chi connectivity index (χ1) is 8.72. The summed E-state index contributed by atoms with van der Waals surface area (Å²) in [4.78, 5) is 15.9. The number of Topliss-reactive ketones (excluding diaryl/α,β-unsaturated/α-hetero) is 1. The van der Waals surface area contributed by atoms with Crippen LogP contribution in [-0.4, -0.2) is 23.0 Å². The molecule has 2 rings (SSSR count). The first-order valence-corrected chi connectivity index (χ1v) is 5.48. The maximum atomic E-state index is 12.0. The molecule has 4 heteroatoms. The maximum Gasteiger partial charge on any atom is 0.195 e. The van der Waals surface area contributed by atoms with E-state index in [1.807, 2.05) is 0 Å². The first-order valence-electron chi connectivity index (χ1n) is 5.48. The molecule has 0 aliphatic rings. The van der Waals surface area contributed by atoms with E-state index in [1.54, 1.807) is 55.9 Å². The summed E-state index contributed by atoms with van der Waals surface area (Å²) in [7, 11) is 1.56. The fraction of sp³-hybridized carbons (Fsp3) is 0.143. The number of carbonyl (C=O) groups is 1. The van der Waals surface area contributed by atoms with E-state index in [0.29, 0.717) is 16.9 Å². The number of ether oxygens (including phenoxy) is 1. The Hall–Kier alpha value is -2.20. The summed E-state index contributed by atoms with van der Waals surface area (Å²) < 4.78 is 5.01. The van der Waals surface area contributed by atoms with E-state index in [9.17, 15) is 9.90 Å². The second-order valence-corrected chi connectivity index (χ2v) is 3.78. The Balaban J connectivity index is 2.20. The Morgan fingerprint density at radius 2 is 1.78 bits per heavy atom. The molecule has 18 heavy (non-hydrogen) atoms. The molecule has 0 fully saturated rings. The van der Waals surface area contributed by atoms with Gasteiger partial charge in [0.15, 0.2) is 5.78 Å². The lowest BCUT2D eigenvalue weighted by molar-refractivity contribution is 0.0747. The van der Waals surface area contributed by atoms with Gasteiger partial charge in [-0.1, -0.05) is 0 Å². The molecule has 4 nitrogen and oxygen atoms in total. The summed E-state index contributed by atoms with van der Waals surface area (Å²) in [5, 5.41) is 9.96. The van der Waals surface area contributed by atoms with Crippen molar-refractivity contribution in [3.05, 3.63) is 59.9 Å². The summed E-state index contributed by atoms with van der Waals surface area (Å²) in [6.45, 7) is 0. The van der Waals surface area contributed by atoms with Gasteiger partial charge in [0.25, 0.3) is 0 Å². The predicted octanol–water partition coefficient (Wildman–Crippen LogP) is 2.01. The van der Waals surface area contributed by atoms with E-state index in [1.165, 1.54) is 0 Å². The lowest BCUT2D eigenvalue weighted by Gasteiger charge is -2.10. The SMILES string of the molecule is COc1ccc(C(=O)C(O)c2ccncc2)cc1. The van der Waals surface area contributed by atoms with Crippen LogP contribution in [0.25, 0.3) is 0 Å². The molecule has 1 heterocycles. The fourth-order valence-electron chi connectivity index (χ4n) is 1.61. The Kier molecular flexibility index (Phi) is 3.69. The minimum Gasteiger partial charge on any atom is -0.497 e. The van der Waals surface area contributed by atoms with Crippen molar-refractivity contribution in [1.29, 1.82) is 0 Å². The minimum atomic E-state index is -1.17. The third-order valence-electron chi connectivity index (χ3n) is 2.64. The van der Waals surface area contributed by atoms with Gasteiger partial charge in [0.1, 0.15) is 11.9 Å². The van der Waals surface area contributed by atoms with Crippen molar-refractivity contribution in [2.24, 2.45) is 0 Å². The van der Waals surface area contributed by atoms with E-state index in [4.69, 9.17) is 4.74 Å². The Bertz CT molecular complexity index is 522. The van der Waals surface area contributed by atoms with E-state index >= 15 is 0 Å². The number of rotatable bonds is 4. The van der Waals surface area contributed by atoms with E-state index in [2.05, 4.69) is 4.98 Å². The van der Waals surface area contributed by atoms with Gasteiger partial charge in [0.05, 0.1) is 7.11 Å². The van der Waals surface area contributed by atoms with Gasteiger partial charge in [-0.2, -0.15) is 0 Å². The Morgan fingerprint density at radius 1 is 1.17 bits per heavy atom. The lowest BCUT2D eigenvalue weighted by atomic mass is 10.0. The fourth-order valence-corrected chi connectivity index (χ4v) is 1.61. The second-order valence-electron chi connectivity index (χ2n) is 3.78. The number of methoxy groups -OCH3 is 1. The van der Waals surface area contributed by atoms with Gasteiger partial charge in [-0.05, 0) is 42.0 Å². The number of hydrogen-bond donors (Lipinski definition) is 1. The van der Waals surface area contributed by atoms with Crippen molar-refractivity contribution in [3.63, 3.8) is 0 Å². The summed E-state index contributed by atoms with van der Waals surface area (Å²) in [5.74, 6) is 0.328. The average Bonchev–Trinajstić information content (AvgIpc) is 2.47. The van der Waals surface area contributed by atoms with Crippen LogP contribution in [-0.2, 0) is 0 Å². The van der Waals surface area contributed by atoms with Crippen molar-refractivity contribution in [1.82, 2.24) is 4.98 Å². The smallest absolute Gasteiger partial charge is 0.195 e. The highest BCUT2D eigenvalue weighted by Crippen LogP contribution is 2.19. The van der Waals surface area contributed by atoms with Crippen molar-refractivity contribution in [3.8, 4) is 5.75 Å². The molecule has 1 aromatic carbocycles. The molecule has 0 aliphatic heterocycles. The van der Waals surface area contributed by atoms with Crippen LogP contribution >= 0.6 is 0 Å². The molecule has 0 aliphatic carbocycles. The topological polar surface area (TPSA) is 59.4 Å². The van der Waals surface area contributed by atoms with Crippen LogP contribution < -0.4 is 4.74 Å². The molecule has 0 amide bonds. The minimum absolute atomic E-state index is 0.344. The van der Waals surface area contributed by atoms with Crippen LogP contribution in [0.1, 0.15) is 22.0 Å². The van der Waals surface area contributed by atoms with E-state index in [0.717, 1.165) is 0 Å². The molecule has 1 unspecified atom stereocenters. The second kappa shape index (κ2) is 5.42. The maximum absolute atomic E-state index is 12.0. The summed E-state index contributed by atoms with van der Waals surface area (Å²) >= 11 is 0. The third kappa shape index (κ3) is 2.55. The number of aromatic nitrogens is 1. The Morgan fingerprint density at radius 3 is 2.33 bits per heavy atom. The molecular weight excluding hydrogens is 230 g/mol. The summed E-state index contributed by atoms with van der Waals surface area (Å²) in [6.07, 6.45) is 1.92. The highest BCUT2D eigenvalue weighted by Gasteiger charge is 2.18. The molecule has 1 atom stereocenters. The van der Waals surface area contributed by atoms with Crippen LogP contribution in [0.3, 0.4) is 0 Å². The number of nitrogens with zero attached hydrogens (tertiary/aromatic N) is 1. The number of aliphatic hydroxyl groups is 1. The molecule has 0 spiro atoms. The van der Waals surface area contributed by atoms with E-state index < -0.39 is 6.10 Å². The predicted molar refractivity (Wildman–Crippen MR) is 66.5 cm³/mol. The molecule has 0 saturated heterocycles. The highest BCUT2D eigenvalue weighted by atomic mass is 16.5. The van der Waals surface area contributed by atoms with Crippen molar-refractivity contribution < 1.29 is 14.6 Å². The zero-order valence-electron chi connectivity index (χ0n) is 9.91. The molecule has 2 aromatic rings. The molecule has 0 saturated carbocycles. The number of benzene rings is 1. The normalized spacial score (nSPS) is 11.9. The van der Waals surface area contributed by atoms with Gasteiger partial charge >= 0.3 is 0 Å². The van der Waals surface area contributed by atoms with Crippen molar-refractivity contribution in [2.75, 3.05) is 7.11 Å². The van der Waals surface area contributed by atoms with Gasteiger partial charge < -0.3 is 9.84 Å². The molecule has 1 N–H and O–H groups in total. The number of aliphatic hydroxyl groups excluding tert-OH is 1. The zero-order chi connectivity index (χ0) is 13.0. The molecule has 0 bridgehead atoms. The quantitative estimate of drug-likeness (QED) is 0.834. The van der Waals surface area contributed by atoms with Crippen molar-refractivity contribution >= 4 is 5.78 Å². The molecule has 1 aromatic heterocycles. The summed E-state index contributed by atoms with van der Waals surface area (Å²) in [6, 6.07) is 9.87. The highest BCUT2D eigenvalue weighted by molar-refractivity contribution is 5.99. The van der Waals surface area contributed by atoms with E-state index in [-0.39, 0.29) is 5.78 Å². The van der Waals surface area contributed by atoms with Crippen LogP contribution in [0, 0.1) is 0 Å². The number of pyridine rings is 1. The molecule has 0 radical (unpaired) electrons. The van der Waals surface area contributed by atoms with Crippen LogP contribution in [0.5, 0.6) is 5.75 Å². The van der Waals surface area contributed by atoms with Gasteiger partial charge in [0, 0.05) is 18.0 Å². The zero-order valence-corrected chi connectivity index (χ0v) is 9.91. The van der Waals surface area contributed by atoms with Gasteiger partial charge in [-0.3, -0.25) is 9.78 Å². The third-order valence-corrected chi connectivity index (χ3v) is 2.64. The van der Waals surface area contributed by atoms with Gasteiger partial charge in [-0.25, -0.2) is 0 Å². The van der Waals surface area contributed by atoms with Crippen LogP contribution in [0.4, 0.5) is 0 Å². The first kappa shape index (κ1) is 12.3. The monoisotopic (exact) mass is 243 g/mol. The van der Waals surface area contributed by atoms with Crippen LogP contribution in [0.15, 0.2) is 48.8 Å². The van der Waals surface area contributed by atoms with Gasteiger partial charge in [0.2, 0.25) is 0 Å². The lowest BCUT2D eigenvalue weighted by Crippen LogP contribution is -2.12. The number of ketones is 1. The molecular formula is C14H13NO3. The molecule has 92 valence electrons. The average molecular weight is 243 g/mol. The van der Waals surface area contributed by atoms with Crippen molar-refractivity contribution in [2.45, 2.75) is 6.10 Å². The number of hydrogen-bond acceptors (Lipinski definition) is 4. The van der Waals surface area contributed by atoms with Crippen LogP contribution in [0.2, 0.25) is 0 Å². The number of carbonyl (C=O) groups excluding carboxylic acids is 1. The largest absolute Gasteiger partial charge is 0.497 e. The summed E-state index contributed by atoms with van der Waals surface area (Å²) in [5.41, 5.74) is 0.978.